The molecule has 0 aromatic carbocycles. The van der Waals surface area contributed by atoms with Crippen LogP contribution in [0.5, 0.6) is 0 Å². The van der Waals surface area contributed by atoms with Crippen molar-refractivity contribution in [1.29, 1.82) is 0 Å². The summed E-state index contributed by atoms with van der Waals surface area (Å²) in [6.45, 7) is 1.31. The van der Waals surface area contributed by atoms with Crippen LogP contribution < -0.4 is 5.73 Å². The fourth-order valence-corrected chi connectivity index (χ4v) is 0.189. The Bertz CT molecular complexity index is 62.7. The molecule has 2 radical (unpaired) electrons. The van der Waals surface area contributed by atoms with Gasteiger partial charge in [-0.2, -0.15) is 0 Å². The maximum atomic E-state index is 9.87. The van der Waals surface area contributed by atoms with Crippen LogP contribution in [0.4, 0.5) is 0 Å². The van der Waals surface area contributed by atoms with Crippen molar-refractivity contribution < 1.29 is 9.53 Å². The van der Waals surface area contributed by atoms with Gasteiger partial charge in [-0.25, -0.2) is 0 Å². The van der Waals surface area contributed by atoms with Crippen LogP contribution in [0.2, 0.25) is 0 Å². The van der Waals surface area contributed by atoms with Crippen LogP contribution in [0, 0.1) is 0 Å². The maximum absolute atomic E-state index is 9.87. The van der Waals surface area contributed by atoms with Gasteiger partial charge in [0.15, 0.2) is 0 Å². The molecular formula is C4H7NO2. The SMILES string of the molecule is CC(=O)OCC[N]. The van der Waals surface area contributed by atoms with Gasteiger partial charge in [0, 0.05) is 6.92 Å². The lowest BCUT2D eigenvalue weighted by atomic mass is 10.7. The van der Waals surface area contributed by atoms with Crippen molar-refractivity contribution in [1.82, 2.24) is 5.73 Å². The molecule has 0 N–H and O–H groups in total. The Labute approximate surface area is 42.4 Å². The second kappa shape index (κ2) is 3.61. The van der Waals surface area contributed by atoms with E-state index in [2.05, 4.69) is 4.74 Å². The minimum absolute atomic E-state index is 0.0976. The molecule has 0 atom stereocenters. The highest BCUT2D eigenvalue weighted by atomic mass is 16.5. The average Bonchev–Trinajstić information content (AvgIpc) is 1.61. The van der Waals surface area contributed by atoms with Gasteiger partial charge in [0.25, 0.3) is 0 Å². The highest BCUT2D eigenvalue weighted by Gasteiger charge is 1.86. The number of carbonyl (C=O) groups is 1. The van der Waals surface area contributed by atoms with Crippen LogP contribution in [-0.4, -0.2) is 19.1 Å². The number of carbonyl (C=O) groups excluding carboxylic acids is 1. The molecule has 0 aromatic rings. The molecule has 0 bridgehead atoms. The van der Waals surface area contributed by atoms with Gasteiger partial charge >= 0.3 is 5.97 Å². The van der Waals surface area contributed by atoms with E-state index in [0.717, 1.165) is 0 Å². The van der Waals surface area contributed by atoms with Crippen molar-refractivity contribution in [2.45, 2.75) is 6.92 Å². The van der Waals surface area contributed by atoms with E-state index in [4.69, 9.17) is 5.73 Å². The number of nitrogens with zero attached hydrogens (tertiary/aromatic N) is 1. The van der Waals surface area contributed by atoms with Crippen molar-refractivity contribution in [2.75, 3.05) is 13.2 Å². The number of esters is 1. The Hall–Kier alpha value is -0.570. The second-order valence-corrected chi connectivity index (χ2v) is 1.06. The monoisotopic (exact) mass is 101 g/mol. The standard InChI is InChI=1S/C4H7NO2/c1-4(6)7-3-2-5/h2-3H2,1H3. The summed E-state index contributed by atoms with van der Waals surface area (Å²) in [6, 6.07) is 0. The van der Waals surface area contributed by atoms with Crippen LogP contribution >= 0.6 is 0 Å². The molecule has 40 valence electrons. The van der Waals surface area contributed by atoms with Crippen molar-refractivity contribution in [3.63, 3.8) is 0 Å². The summed E-state index contributed by atoms with van der Waals surface area (Å²) in [5, 5.41) is 0. The van der Waals surface area contributed by atoms with Gasteiger partial charge in [0.1, 0.15) is 6.61 Å². The van der Waals surface area contributed by atoms with Crippen LogP contribution in [-0.2, 0) is 9.53 Å². The average molecular weight is 101 g/mol. The van der Waals surface area contributed by atoms with E-state index in [1.54, 1.807) is 0 Å². The summed E-state index contributed by atoms with van der Waals surface area (Å²) < 4.78 is 4.30. The molecule has 0 rings (SSSR count). The van der Waals surface area contributed by atoms with E-state index in [-0.39, 0.29) is 19.1 Å². The molecule has 0 saturated carbocycles. The van der Waals surface area contributed by atoms with Gasteiger partial charge in [-0.1, -0.05) is 0 Å². The summed E-state index contributed by atoms with van der Waals surface area (Å²) in [5.74, 6) is -0.353. The highest BCUT2D eigenvalue weighted by Crippen LogP contribution is 1.70. The lowest BCUT2D eigenvalue weighted by molar-refractivity contribution is -0.140. The van der Waals surface area contributed by atoms with Crippen molar-refractivity contribution in [3.05, 3.63) is 0 Å². The molecule has 0 unspecified atom stereocenters. The second-order valence-electron chi connectivity index (χ2n) is 1.06. The van der Waals surface area contributed by atoms with Gasteiger partial charge in [0.05, 0.1) is 6.54 Å². The molecule has 0 saturated heterocycles. The molecule has 0 aliphatic rings. The maximum Gasteiger partial charge on any atom is 0.302 e. The Kier molecular flexibility index (Phi) is 3.32. The van der Waals surface area contributed by atoms with E-state index in [1.165, 1.54) is 6.92 Å². The molecule has 0 spiro atoms. The third-order valence-corrected chi connectivity index (χ3v) is 0.397. The molecule has 0 aromatic heterocycles. The molecule has 7 heavy (non-hydrogen) atoms. The largest absolute Gasteiger partial charge is 0.464 e. The fourth-order valence-electron chi connectivity index (χ4n) is 0.189. The Morgan fingerprint density at radius 1 is 1.86 bits per heavy atom. The van der Waals surface area contributed by atoms with E-state index in [9.17, 15) is 4.79 Å². The van der Waals surface area contributed by atoms with E-state index in [0.29, 0.717) is 0 Å². The molecule has 0 amide bonds. The smallest absolute Gasteiger partial charge is 0.302 e. The highest BCUT2D eigenvalue weighted by molar-refractivity contribution is 5.65. The van der Waals surface area contributed by atoms with Crippen LogP contribution in [0.25, 0.3) is 0 Å². The first-order chi connectivity index (χ1) is 3.27. The predicted octanol–water partition coefficient (Wildman–Crippen LogP) is -0.382. The normalized spacial score (nSPS) is 8.29. The molecule has 3 heteroatoms. The molecule has 0 aliphatic carbocycles. The van der Waals surface area contributed by atoms with E-state index < -0.39 is 0 Å². The van der Waals surface area contributed by atoms with Gasteiger partial charge in [-0.15, -0.1) is 5.73 Å². The van der Waals surface area contributed by atoms with E-state index in [1.807, 2.05) is 0 Å². The quantitative estimate of drug-likeness (QED) is 0.445. The summed E-state index contributed by atoms with van der Waals surface area (Å²) >= 11 is 0. The summed E-state index contributed by atoms with van der Waals surface area (Å²) in [5.41, 5.74) is 8.04. The van der Waals surface area contributed by atoms with Crippen LogP contribution in [0.3, 0.4) is 0 Å². The third kappa shape index (κ3) is 5.43. The van der Waals surface area contributed by atoms with E-state index >= 15 is 0 Å². The first-order valence-corrected chi connectivity index (χ1v) is 2.01. The Balaban J connectivity index is 2.82. The number of hydrogen-bond acceptors (Lipinski definition) is 2. The van der Waals surface area contributed by atoms with Gasteiger partial charge in [-0.3, -0.25) is 4.79 Å². The molecular weight excluding hydrogens is 94.0 g/mol. The first kappa shape index (κ1) is 6.43. The lowest BCUT2D eigenvalue weighted by Gasteiger charge is -1.92. The third-order valence-electron chi connectivity index (χ3n) is 0.397. The zero-order valence-corrected chi connectivity index (χ0v) is 4.18. The Morgan fingerprint density at radius 3 is 2.57 bits per heavy atom. The van der Waals surface area contributed by atoms with Gasteiger partial charge < -0.3 is 4.74 Å². The first-order valence-electron chi connectivity index (χ1n) is 2.01. The minimum Gasteiger partial charge on any atom is -0.464 e. The zero-order chi connectivity index (χ0) is 5.70. The number of ether oxygens (including phenoxy) is 1. The van der Waals surface area contributed by atoms with Gasteiger partial charge in [-0.05, 0) is 0 Å². The summed E-state index contributed by atoms with van der Waals surface area (Å²) in [6.07, 6.45) is 0. The number of hydrogen-bond donors (Lipinski definition) is 0. The number of rotatable bonds is 2. The summed E-state index contributed by atoms with van der Waals surface area (Å²) in [4.78, 5) is 9.87. The van der Waals surface area contributed by atoms with Crippen LogP contribution in [0.15, 0.2) is 0 Å². The summed E-state index contributed by atoms with van der Waals surface area (Å²) in [7, 11) is 0. The molecule has 3 nitrogen and oxygen atoms in total. The molecule has 0 fully saturated rings. The topological polar surface area (TPSA) is 48.6 Å². The van der Waals surface area contributed by atoms with Crippen molar-refractivity contribution in [3.8, 4) is 0 Å². The fraction of sp³-hybridized carbons (Fsp3) is 0.750. The zero-order valence-electron chi connectivity index (χ0n) is 4.18. The molecule has 0 heterocycles. The minimum atomic E-state index is -0.353. The van der Waals surface area contributed by atoms with Crippen molar-refractivity contribution >= 4 is 5.97 Å². The van der Waals surface area contributed by atoms with Crippen LogP contribution in [0.1, 0.15) is 6.92 Å². The predicted molar refractivity (Wildman–Crippen MR) is 23.6 cm³/mol. The van der Waals surface area contributed by atoms with Gasteiger partial charge in [0.2, 0.25) is 0 Å². The van der Waals surface area contributed by atoms with Crippen molar-refractivity contribution in [2.24, 2.45) is 0 Å². The Morgan fingerprint density at radius 2 is 2.43 bits per heavy atom. The lowest BCUT2D eigenvalue weighted by Crippen LogP contribution is -2.04. The molecule has 0 aliphatic heterocycles.